The van der Waals surface area contributed by atoms with Gasteiger partial charge in [0.15, 0.2) is 0 Å². The van der Waals surface area contributed by atoms with Gasteiger partial charge in [-0.2, -0.15) is 13.2 Å². The van der Waals surface area contributed by atoms with Crippen LogP contribution in [0.3, 0.4) is 0 Å². The molecule has 0 saturated heterocycles. The quantitative estimate of drug-likeness (QED) is 0.652. The van der Waals surface area contributed by atoms with Gasteiger partial charge in [0.25, 0.3) is 0 Å². The Labute approximate surface area is 108 Å². The molecule has 0 atom stereocenters. The summed E-state index contributed by atoms with van der Waals surface area (Å²) in [5, 5.41) is 7.38. The van der Waals surface area contributed by atoms with Crippen molar-refractivity contribution in [2.75, 3.05) is 11.4 Å². The molecule has 1 aromatic heterocycles. The number of nitrogens with two attached hydrogens (primary N) is 1. The van der Waals surface area contributed by atoms with E-state index in [1.807, 2.05) is 0 Å². The molecule has 0 bridgehead atoms. The second-order valence-electron chi connectivity index (χ2n) is 4.74. The highest BCUT2D eigenvalue weighted by atomic mass is 19.4. The van der Waals surface area contributed by atoms with Crippen LogP contribution in [0.5, 0.6) is 0 Å². The molecule has 1 heterocycles. The number of rotatable bonds is 4. The van der Waals surface area contributed by atoms with Gasteiger partial charge in [0.1, 0.15) is 18.2 Å². The summed E-state index contributed by atoms with van der Waals surface area (Å²) in [6.07, 6.45) is -2.80. The summed E-state index contributed by atoms with van der Waals surface area (Å²) in [6, 6.07) is 2.92. The van der Waals surface area contributed by atoms with Gasteiger partial charge in [-0.15, -0.1) is 0 Å². The van der Waals surface area contributed by atoms with Gasteiger partial charge < -0.3 is 10.6 Å². The SMILES string of the molecule is Cc1cc(C(=N)N)cc(N(CC(F)(F)F)C2CC2)n1. The van der Waals surface area contributed by atoms with Crippen molar-refractivity contribution in [3.63, 3.8) is 0 Å². The van der Waals surface area contributed by atoms with Crippen LogP contribution in [-0.2, 0) is 0 Å². The number of hydrogen-bond acceptors (Lipinski definition) is 3. The number of nitrogens with zero attached hydrogens (tertiary/aromatic N) is 2. The summed E-state index contributed by atoms with van der Waals surface area (Å²) in [5.41, 5.74) is 6.34. The third-order valence-electron chi connectivity index (χ3n) is 2.88. The van der Waals surface area contributed by atoms with Crippen LogP contribution in [0, 0.1) is 12.3 Å². The van der Waals surface area contributed by atoms with E-state index in [1.54, 1.807) is 13.0 Å². The smallest absolute Gasteiger partial charge is 0.384 e. The van der Waals surface area contributed by atoms with Gasteiger partial charge in [-0.3, -0.25) is 5.41 Å². The molecule has 0 radical (unpaired) electrons. The van der Waals surface area contributed by atoms with Gasteiger partial charge in [0, 0.05) is 17.3 Å². The van der Waals surface area contributed by atoms with Crippen molar-refractivity contribution in [1.29, 1.82) is 5.41 Å². The Morgan fingerprint density at radius 1 is 1.47 bits per heavy atom. The van der Waals surface area contributed by atoms with Crippen LogP contribution in [0.4, 0.5) is 19.0 Å². The normalized spacial score (nSPS) is 15.4. The Kier molecular flexibility index (Phi) is 3.38. The number of nitrogen functional groups attached to an aromatic ring is 1. The van der Waals surface area contributed by atoms with Crippen LogP contribution in [-0.4, -0.2) is 29.6 Å². The van der Waals surface area contributed by atoms with Crippen LogP contribution in [0.2, 0.25) is 0 Å². The van der Waals surface area contributed by atoms with E-state index in [0.717, 1.165) is 12.8 Å². The highest BCUT2D eigenvalue weighted by molar-refractivity contribution is 5.95. The lowest BCUT2D eigenvalue weighted by Crippen LogP contribution is -2.36. The Morgan fingerprint density at radius 3 is 2.58 bits per heavy atom. The molecule has 0 aromatic carbocycles. The van der Waals surface area contributed by atoms with Gasteiger partial charge in [0.05, 0.1) is 0 Å². The first-order chi connectivity index (χ1) is 8.76. The molecule has 1 saturated carbocycles. The zero-order valence-electron chi connectivity index (χ0n) is 10.5. The summed E-state index contributed by atoms with van der Waals surface area (Å²) < 4.78 is 37.8. The Morgan fingerprint density at radius 2 is 2.11 bits per heavy atom. The second-order valence-corrected chi connectivity index (χ2v) is 4.74. The number of anilines is 1. The number of alkyl halides is 3. The zero-order valence-corrected chi connectivity index (χ0v) is 10.5. The molecule has 1 fully saturated rings. The minimum absolute atomic E-state index is 0.115. The van der Waals surface area contributed by atoms with E-state index in [-0.39, 0.29) is 17.7 Å². The average Bonchev–Trinajstić information content (AvgIpc) is 3.07. The number of amidine groups is 1. The van der Waals surface area contributed by atoms with Crippen LogP contribution in [0.15, 0.2) is 12.1 Å². The first-order valence-electron chi connectivity index (χ1n) is 5.93. The molecule has 3 N–H and O–H groups in total. The second kappa shape index (κ2) is 4.71. The number of aryl methyl sites for hydroxylation is 1. The maximum Gasteiger partial charge on any atom is 0.405 e. The third-order valence-corrected chi connectivity index (χ3v) is 2.88. The van der Waals surface area contributed by atoms with Crippen molar-refractivity contribution in [2.45, 2.75) is 32.0 Å². The summed E-state index contributed by atoms with van der Waals surface area (Å²) in [5.74, 6) is 0.0690. The van der Waals surface area contributed by atoms with E-state index >= 15 is 0 Å². The zero-order chi connectivity index (χ0) is 14.2. The molecule has 7 heteroatoms. The van der Waals surface area contributed by atoms with Gasteiger partial charge in [0.2, 0.25) is 0 Å². The molecule has 1 aliphatic carbocycles. The molecule has 2 rings (SSSR count). The van der Waals surface area contributed by atoms with Crippen molar-refractivity contribution >= 4 is 11.7 Å². The third kappa shape index (κ3) is 3.59. The number of aromatic nitrogens is 1. The summed E-state index contributed by atoms with van der Waals surface area (Å²) in [4.78, 5) is 5.39. The molecule has 104 valence electrons. The minimum Gasteiger partial charge on any atom is -0.384 e. The fourth-order valence-electron chi connectivity index (χ4n) is 1.93. The highest BCUT2D eigenvalue weighted by Crippen LogP contribution is 2.33. The van der Waals surface area contributed by atoms with Crippen molar-refractivity contribution in [1.82, 2.24) is 4.98 Å². The monoisotopic (exact) mass is 272 g/mol. The Bertz CT molecular complexity index is 494. The lowest BCUT2D eigenvalue weighted by atomic mass is 10.2. The van der Waals surface area contributed by atoms with E-state index < -0.39 is 12.7 Å². The lowest BCUT2D eigenvalue weighted by Gasteiger charge is -2.25. The van der Waals surface area contributed by atoms with Crippen LogP contribution < -0.4 is 10.6 Å². The van der Waals surface area contributed by atoms with Crippen molar-refractivity contribution < 1.29 is 13.2 Å². The predicted molar refractivity (Wildman–Crippen MR) is 66.4 cm³/mol. The van der Waals surface area contributed by atoms with Crippen LogP contribution in [0.1, 0.15) is 24.1 Å². The average molecular weight is 272 g/mol. The number of hydrogen-bond donors (Lipinski definition) is 2. The first kappa shape index (κ1) is 13.6. The van der Waals surface area contributed by atoms with E-state index in [0.29, 0.717) is 11.3 Å². The van der Waals surface area contributed by atoms with Gasteiger partial charge >= 0.3 is 6.18 Å². The molecule has 0 aliphatic heterocycles. The molecule has 1 aliphatic rings. The largest absolute Gasteiger partial charge is 0.405 e. The van der Waals surface area contributed by atoms with E-state index in [4.69, 9.17) is 11.1 Å². The van der Waals surface area contributed by atoms with Crippen molar-refractivity contribution in [3.8, 4) is 0 Å². The lowest BCUT2D eigenvalue weighted by molar-refractivity contribution is -0.120. The molecule has 0 spiro atoms. The first-order valence-corrected chi connectivity index (χ1v) is 5.93. The standard InChI is InChI=1S/C12H15F3N4/c1-7-4-8(11(16)17)5-10(18-7)19(9-2-3-9)6-12(13,14)15/h4-5,9H,2-3,6H2,1H3,(H3,16,17). The summed E-state index contributed by atoms with van der Waals surface area (Å²) >= 11 is 0. The number of halogens is 3. The molecular weight excluding hydrogens is 257 g/mol. The molecule has 19 heavy (non-hydrogen) atoms. The van der Waals surface area contributed by atoms with E-state index in [2.05, 4.69) is 4.98 Å². The summed E-state index contributed by atoms with van der Waals surface area (Å²) in [6.45, 7) is 0.653. The molecule has 1 aromatic rings. The van der Waals surface area contributed by atoms with Crippen molar-refractivity contribution in [3.05, 3.63) is 23.4 Å². The highest BCUT2D eigenvalue weighted by Gasteiger charge is 2.38. The fourth-order valence-corrected chi connectivity index (χ4v) is 1.93. The Hall–Kier alpha value is -1.79. The Balaban J connectivity index is 2.33. The molecule has 4 nitrogen and oxygen atoms in total. The van der Waals surface area contributed by atoms with Crippen molar-refractivity contribution in [2.24, 2.45) is 5.73 Å². The minimum atomic E-state index is -4.27. The van der Waals surface area contributed by atoms with Crippen LogP contribution in [0.25, 0.3) is 0 Å². The topological polar surface area (TPSA) is 66.0 Å². The summed E-state index contributed by atoms with van der Waals surface area (Å²) in [7, 11) is 0. The number of nitrogens with one attached hydrogen (secondary N) is 1. The van der Waals surface area contributed by atoms with Gasteiger partial charge in [-0.25, -0.2) is 4.98 Å². The maximum atomic E-state index is 12.6. The predicted octanol–water partition coefficient (Wildman–Crippen LogP) is 2.21. The van der Waals surface area contributed by atoms with Crippen LogP contribution >= 0.6 is 0 Å². The van der Waals surface area contributed by atoms with Gasteiger partial charge in [-0.05, 0) is 31.9 Å². The van der Waals surface area contributed by atoms with E-state index in [9.17, 15) is 13.2 Å². The van der Waals surface area contributed by atoms with Gasteiger partial charge in [-0.1, -0.05) is 0 Å². The molecule has 0 amide bonds. The fraction of sp³-hybridized carbons (Fsp3) is 0.500. The van der Waals surface area contributed by atoms with E-state index in [1.165, 1.54) is 11.0 Å². The maximum absolute atomic E-state index is 12.6. The molecule has 0 unspecified atom stereocenters. The molecular formula is C12H15F3N4. The number of pyridine rings is 1.